The number of anilines is 1. The predicted molar refractivity (Wildman–Crippen MR) is 115 cm³/mol. The molecule has 4 rings (SSSR count). The van der Waals surface area contributed by atoms with Gasteiger partial charge in [-0.25, -0.2) is 22.8 Å². The van der Waals surface area contributed by atoms with Crippen molar-refractivity contribution in [1.29, 1.82) is 0 Å². The zero-order valence-electron chi connectivity index (χ0n) is 17.6. The number of amides is 1. The standard InChI is InChI=1S/C22H27FN4O3S/c1-31(29,30)19-15-24-22(27-11-5-2-6-12-27)25-20(19)16-9-13-26(14-10-16)21(28)17-7-3-4-8-18(17)23/h3-4,7-8,15-16H,2,5-6,9-14H2,1H3. The molecule has 0 saturated carbocycles. The van der Waals surface area contributed by atoms with Gasteiger partial charge in [-0.15, -0.1) is 0 Å². The molecule has 0 aliphatic carbocycles. The number of carbonyl (C=O) groups excluding carboxylic acids is 1. The fourth-order valence-corrected chi connectivity index (χ4v) is 5.20. The molecular weight excluding hydrogens is 419 g/mol. The Hall–Kier alpha value is -2.55. The first-order chi connectivity index (χ1) is 14.8. The topological polar surface area (TPSA) is 83.5 Å². The minimum Gasteiger partial charge on any atom is -0.341 e. The van der Waals surface area contributed by atoms with Crippen molar-refractivity contribution >= 4 is 21.7 Å². The van der Waals surface area contributed by atoms with Gasteiger partial charge in [0, 0.05) is 38.4 Å². The smallest absolute Gasteiger partial charge is 0.256 e. The molecule has 1 amide bonds. The molecule has 2 aliphatic heterocycles. The molecular formula is C22H27FN4O3S. The number of halogens is 1. The second-order valence-electron chi connectivity index (χ2n) is 8.29. The lowest BCUT2D eigenvalue weighted by atomic mass is 9.93. The van der Waals surface area contributed by atoms with Crippen LogP contribution in [0.3, 0.4) is 0 Å². The van der Waals surface area contributed by atoms with Gasteiger partial charge in [0.05, 0.1) is 17.5 Å². The summed E-state index contributed by atoms with van der Waals surface area (Å²) in [5.74, 6) is -0.388. The van der Waals surface area contributed by atoms with Gasteiger partial charge in [-0.1, -0.05) is 12.1 Å². The molecule has 0 bridgehead atoms. The molecule has 166 valence electrons. The Bertz CT molecular complexity index is 1060. The average molecular weight is 447 g/mol. The maximum Gasteiger partial charge on any atom is 0.256 e. The summed E-state index contributed by atoms with van der Waals surface area (Å²) in [6, 6.07) is 5.97. The van der Waals surface area contributed by atoms with Crippen molar-refractivity contribution in [1.82, 2.24) is 14.9 Å². The van der Waals surface area contributed by atoms with Gasteiger partial charge in [0.15, 0.2) is 9.84 Å². The summed E-state index contributed by atoms with van der Waals surface area (Å²) in [6.45, 7) is 2.58. The van der Waals surface area contributed by atoms with Crippen molar-refractivity contribution < 1.29 is 17.6 Å². The quantitative estimate of drug-likeness (QED) is 0.718. The van der Waals surface area contributed by atoms with Crippen molar-refractivity contribution in [2.75, 3.05) is 37.3 Å². The highest BCUT2D eigenvalue weighted by Crippen LogP contribution is 2.33. The minimum absolute atomic E-state index is 0.0622. The number of benzene rings is 1. The van der Waals surface area contributed by atoms with Crippen molar-refractivity contribution in [2.24, 2.45) is 0 Å². The monoisotopic (exact) mass is 446 g/mol. The van der Waals surface area contributed by atoms with Crippen LogP contribution in [0, 0.1) is 5.82 Å². The summed E-state index contributed by atoms with van der Waals surface area (Å²) in [5, 5.41) is 0. The van der Waals surface area contributed by atoms with E-state index in [1.807, 2.05) is 0 Å². The van der Waals surface area contributed by atoms with Crippen LogP contribution in [0.2, 0.25) is 0 Å². The van der Waals surface area contributed by atoms with Crippen molar-refractivity contribution in [2.45, 2.75) is 42.9 Å². The Morgan fingerprint density at radius 2 is 1.74 bits per heavy atom. The summed E-state index contributed by atoms with van der Waals surface area (Å²) in [6.07, 6.45) is 7.06. The highest BCUT2D eigenvalue weighted by molar-refractivity contribution is 7.90. The van der Waals surface area contributed by atoms with Crippen LogP contribution >= 0.6 is 0 Å². The highest BCUT2D eigenvalue weighted by Gasteiger charge is 2.31. The van der Waals surface area contributed by atoms with Crippen LogP contribution in [0.1, 0.15) is 54.1 Å². The third-order valence-corrected chi connectivity index (χ3v) is 7.20. The molecule has 0 unspecified atom stereocenters. The van der Waals surface area contributed by atoms with Gasteiger partial charge in [0.1, 0.15) is 10.7 Å². The average Bonchev–Trinajstić information content (AvgIpc) is 2.79. The minimum atomic E-state index is -3.48. The lowest BCUT2D eigenvalue weighted by molar-refractivity contribution is 0.0706. The second kappa shape index (κ2) is 8.90. The number of hydrogen-bond donors (Lipinski definition) is 0. The van der Waals surface area contributed by atoms with Crippen LogP contribution in [0.25, 0.3) is 0 Å². The fraction of sp³-hybridized carbons (Fsp3) is 0.500. The molecule has 1 aromatic carbocycles. The summed E-state index contributed by atoms with van der Waals surface area (Å²) in [4.78, 5) is 25.6. The highest BCUT2D eigenvalue weighted by atomic mass is 32.2. The first-order valence-corrected chi connectivity index (χ1v) is 12.6. The van der Waals surface area contributed by atoms with Gasteiger partial charge < -0.3 is 9.80 Å². The molecule has 1 aromatic heterocycles. The maximum atomic E-state index is 14.0. The van der Waals surface area contributed by atoms with Gasteiger partial charge in [0.25, 0.3) is 5.91 Å². The molecule has 2 aliphatic rings. The zero-order chi connectivity index (χ0) is 22.0. The van der Waals surface area contributed by atoms with Gasteiger partial charge in [-0.3, -0.25) is 4.79 Å². The normalized spacial score (nSPS) is 18.3. The number of carbonyl (C=O) groups is 1. The summed E-state index contributed by atoms with van der Waals surface area (Å²) in [7, 11) is -3.48. The lowest BCUT2D eigenvalue weighted by Gasteiger charge is -2.33. The van der Waals surface area contributed by atoms with E-state index in [-0.39, 0.29) is 22.3 Å². The van der Waals surface area contributed by atoms with Crippen molar-refractivity contribution in [3.05, 3.63) is 47.5 Å². The van der Waals surface area contributed by atoms with Crippen LogP contribution in [-0.4, -0.2) is 61.6 Å². The van der Waals surface area contributed by atoms with E-state index in [1.54, 1.807) is 17.0 Å². The maximum absolute atomic E-state index is 14.0. The molecule has 31 heavy (non-hydrogen) atoms. The third-order valence-electron chi connectivity index (χ3n) is 6.08. The van der Waals surface area contributed by atoms with E-state index in [1.165, 1.54) is 31.0 Å². The van der Waals surface area contributed by atoms with E-state index in [9.17, 15) is 17.6 Å². The molecule has 0 N–H and O–H groups in total. The fourth-order valence-electron chi connectivity index (χ4n) is 4.36. The zero-order valence-corrected chi connectivity index (χ0v) is 18.4. The Balaban J connectivity index is 1.55. The molecule has 3 heterocycles. The third kappa shape index (κ3) is 4.71. The molecule has 0 spiro atoms. The summed E-state index contributed by atoms with van der Waals surface area (Å²) < 4.78 is 38.8. The van der Waals surface area contributed by atoms with Crippen LogP contribution in [0.15, 0.2) is 35.4 Å². The van der Waals surface area contributed by atoms with Crippen LogP contribution in [0.5, 0.6) is 0 Å². The lowest BCUT2D eigenvalue weighted by Crippen LogP contribution is -2.39. The number of aromatic nitrogens is 2. The molecule has 7 nitrogen and oxygen atoms in total. The van der Waals surface area contributed by atoms with Crippen molar-refractivity contribution in [3.63, 3.8) is 0 Å². The molecule has 9 heteroatoms. The number of nitrogens with zero attached hydrogens (tertiary/aromatic N) is 4. The first-order valence-electron chi connectivity index (χ1n) is 10.7. The van der Waals surface area contributed by atoms with Crippen LogP contribution in [0.4, 0.5) is 10.3 Å². The molecule has 0 atom stereocenters. The van der Waals surface area contributed by atoms with Crippen molar-refractivity contribution in [3.8, 4) is 0 Å². The number of sulfone groups is 1. The Morgan fingerprint density at radius 1 is 1.06 bits per heavy atom. The Kier molecular flexibility index (Phi) is 6.22. The molecule has 2 saturated heterocycles. The largest absolute Gasteiger partial charge is 0.341 e. The molecule has 2 fully saturated rings. The van der Waals surface area contributed by atoms with E-state index in [2.05, 4.69) is 9.88 Å². The Labute approximate surface area is 182 Å². The van der Waals surface area contributed by atoms with Crippen LogP contribution in [-0.2, 0) is 9.84 Å². The van der Waals surface area contributed by atoms with Crippen LogP contribution < -0.4 is 4.90 Å². The van der Waals surface area contributed by atoms with Gasteiger partial charge >= 0.3 is 0 Å². The molecule has 0 radical (unpaired) electrons. The number of hydrogen-bond acceptors (Lipinski definition) is 6. The molecule has 2 aromatic rings. The SMILES string of the molecule is CS(=O)(=O)c1cnc(N2CCCCC2)nc1C1CCN(C(=O)c2ccccc2F)CC1. The predicted octanol–water partition coefficient (Wildman–Crippen LogP) is 3.03. The van der Waals surface area contributed by atoms with Gasteiger partial charge in [0.2, 0.25) is 5.95 Å². The number of likely N-dealkylation sites (tertiary alicyclic amines) is 1. The second-order valence-corrected chi connectivity index (χ2v) is 10.3. The van der Waals surface area contributed by atoms with E-state index < -0.39 is 15.7 Å². The number of piperidine rings is 2. The van der Waals surface area contributed by atoms with E-state index in [0.717, 1.165) is 25.9 Å². The van der Waals surface area contributed by atoms with Gasteiger partial charge in [-0.05, 0) is 44.2 Å². The summed E-state index contributed by atoms with van der Waals surface area (Å²) in [5.41, 5.74) is 0.600. The first kappa shape index (κ1) is 21.7. The summed E-state index contributed by atoms with van der Waals surface area (Å²) >= 11 is 0. The Morgan fingerprint density at radius 3 is 2.39 bits per heavy atom. The number of rotatable bonds is 4. The van der Waals surface area contributed by atoms with E-state index >= 15 is 0 Å². The van der Waals surface area contributed by atoms with Gasteiger partial charge in [-0.2, -0.15) is 0 Å². The van der Waals surface area contributed by atoms with E-state index in [0.29, 0.717) is 37.6 Å². The van der Waals surface area contributed by atoms with E-state index in [4.69, 9.17) is 4.98 Å².